The van der Waals surface area contributed by atoms with Crippen molar-refractivity contribution in [3.05, 3.63) is 45.5 Å². The maximum atomic E-state index is 5.40. The number of hydrogen-bond acceptors (Lipinski definition) is 3. The molecule has 0 aliphatic carbocycles. The summed E-state index contributed by atoms with van der Waals surface area (Å²) in [6.07, 6.45) is 4.40. The summed E-state index contributed by atoms with van der Waals surface area (Å²) < 4.78 is 7.14. The summed E-state index contributed by atoms with van der Waals surface area (Å²) >= 11 is 6.65. The number of hydrogen-bond donors (Lipinski definition) is 1. The van der Waals surface area contributed by atoms with E-state index in [1.54, 1.807) is 12.4 Å². The Morgan fingerprint density at radius 1 is 1.25 bits per heavy atom. The number of nitrogens with zero attached hydrogens (tertiary/aromatic N) is 1. The zero-order chi connectivity index (χ0) is 11.4. The van der Waals surface area contributed by atoms with Crippen LogP contribution in [0.5, 0.6) is 0 Å². The Balaban J connectivity index is 1.84. The molecular formula is C11H10Br2N2O. The Labute approximate surface area is 111 Å². The molecule has 3 nitrogen and oxygen atoms in total. The van der Waals surface area contributed by atoms with Gasteiger partial charge in [0.2, 0.25) is 0 Å². The fourth-order valence-corrected chi connectivity index (χ4v) is 2.03. The van der Waals surface area contributed by atoms with Gasteiger partial charge in [0.15, 0.2) is 4.67 Å². The van der Waals surface area contributed by atoms with Crippen LogP contribution in [0.3, 0.4) is 0 Å². The van der Waals surface area contributed by atoms with Gasteiger partial charge >= 0.3 is 0 Å². The van der Waals surface area contributed by atoms with Crippen LogP contribution in [-0.4, -0.2) is 11.5 Å². The minimum atomic E-state index is 0.770. The zero-order valence-electron chi connectivity index (χ0n) is 8.41. The summed E-state index contributed by atoms with van der Waals surface area (Å²) in [7, 11) is 0. The van der Waals surface area contributed by atoms with Crippen LogP contribution in [-0.2, 0) is 6.42 Å². The summed E-state index contributed by atoms with van der Waals surface area (Å²) in [6, 6.07) is 5.85. The van der Waals surface area contributed by atoms with E-state index >= 15 is 0 Å². The molecule has 0 aliphatic rings. The van der Waals surface area contributed by atoms with Gasteiger partial charge < -0.3 is 9.73 Å². The van der Waals surface area contributed by atoms with Crippen molar-refractivity contribution in [2.75, 3.05) is 11.9 Å². The van der Waals surface area contributed by atoms with Gasteiger partial charge in [-0.25, -0.2) is 0 Å². The first-order chi connectivity index (χ1) is 7.74. The molecule has 0 unspecified atom stereocenters. The van der Waals surface area contributed by atoms with Gasteiger partial charge in [-0.05, 0) is 50.1 Å². The molecule has 0 amide bonds. The van der Waals surface area contributed by atoms with Gasteiger partial charge in [0, 0.05) is 23.6 Å². The van der Waals surface area contributed by atoms with Crippen LogP contribution in [0.4, 0.5) is 5.69 Å². The smallest absolute Gasteiger partial charge is 0.169 e. The molecule has 84 valence electrons. The van der Waals surface area contributed by atoms with Gasteiger partial charge in [-0.2, -0.15) is 0 Å². The Bertz CT molecular complexity index is 471. The molecule has 0 spiro atoms. The lowest BCUT2D eigenvalue weighted by Gasteiger charge is -2.04. The van der Waals surface area contributed by atoms with Crippen molar-refractivity contribution >= 4 is 37.5 Å². The molecule has 5 heteroatoms. The maximum Gasteiger partial charge on any atom is 0.169 e. The fraction of sp³-hybridized carbons (Fsp3) is 0.182. The van der Waals surface area contributed by atoms with E-state index in [4.69, 9.17) is 4.42 Å². The highest BCUT2D eigenvalue weighted by atomic mass is 79.9. The maximum absolute atomic E-state index is 5.40. The van der Waals surface area contributed by atoms with Crippen molar-refractivity contribution in [1.29, 1.82) is 0 Å². The molecule has 1 N–H and O–H groups in total. The van der Waals surface area contributed by atoms with Crippen LogP contribution in [0.1, 0.15) is 5.76 Å². The predicted octanol–water partition coefficient (Wildman–Crippen LogP) is 3.85. The Kier molecular flexibility index (Phi) is 4.01. The molecule has 0 aliphatic heterocycles. The lowest BCUT2D eigenvalue weighted by Crippen LogP contribution is -2.04. The van der Waals surface area contributed by atoms with E-state index in [2.05, 4.69) is 42.2 Å². The minimum absolute atomic E-state index is 0.770. The number of aromatic nitrogens is 1. The number of pyridine rings is 1. The number of anilines is 1. The van der Waals surface area contributed by atoms with Crippen LogP contribution in [0.15, 0.2) is 44.2 Å². The van der Waals surface area contributed by atoms with Gasteiger partial charge in [-0.3, -0.25) is 4.98 Å². The van der Waals surface area contributed by atoms with Crippen LogP contribution in [0.2, 0.25) is 0 Å². The van der Waals surface area contributed by atoms with Gasteiger partial charge in [-0.1, -0.05) is 0 Å². The Morgan fingerprint density at radius 3 is 2.81 bits per heavy atom. The summed E-state index contributed by atoms with van der Waals surface area (Å²) in [5.74, 6) is 0.960. The highest BCUT2D eigenvalue weighted by Gasteiger charge is 1.99. The Hall–Kier alpha value is -0.810. The molecule has 2 aromatic heterocycles. The molecule has 0 aromatic carbocycles. The molecule has 0 saturated heterocycles. The van der Waals surface area contributed by atoms with Crippen LogP contribution in [0.25, 0.3) is 0 Å². The summed E-state index contributed by atoms with van der Waals surface area (Å²) in [5.41, 5.74) is 1.000. The first kappa shape index (κ1) is 11.7. The highest BCUT2D eigenvalue weighted by molar-refractivity contribution is 9.10. The van der Waals surface area contributed by atoms with Gasteiger partial charge in [0.25, 0.3) is 0 Å². The highest BCUT2D eigenvalue weighted by Crippen LogP contribution is 2.16. The van der Waals surface area contributed by atoms with E-state index in [1.807, 2.05) is 18.2 Å². The quantitative estimate of drug-likeness (QED) is 0.914. The molecule has 2 heterocycles. The van der Waals surface area contributed by atoms with Gasteiger partial charge in [0.1, 0.15) is 5.76 Å². The third kappa shape index (κ3) is 3.35. The first-order valence-electron chi connectivity index (χ1n) is 4.83. The average molecular weight is 346 g/mol. The third-order valence-electron chi connectivity index (χ3n) is 2.03. The second-order valence-electron chi connectivity index (χ2n) is 3.27. The van der Waals surface area contributed by atoms with E-state index in [9.17, 15) is 0 Å². The van der Waals surface area contributed by atoms with Crippen molar-refractivity contribution < 1.29 is 4.42 Å². The van der Waals surface area contributed by atoms with E-state index < -0.39 is 0 Å². The number of furan rings is 1. The summed E-state index contributed by atoms with van der Waals surface area (Å²) in [4.78, 5) is 4.07. The largest absolute Gasteiger partial charge is 0.454 e. The van der Waals surface area contributed by atoms with Crippen molar-refractivity contribution in [2.24, 2.45) is 0 Å². The lowest BCUT2D eigenvalue weighted by molar-refractivity contribution is 0.491. The molecule has 2 rings (SSSR count). The summed E-state index contributed by atoms with van der Waals surface area (Å²) in [6.45, 7) is 0.818. The molecule has 16 heavy (non-hydrogen) atoms. The number of halogens is 2. The SMILES string of the molecule is Brc1cncc(NCCc2ccc(Br)o2)c1. The van der Waals surface area contributed by atoms with Gasteiger partial charge in [0.05, 0.1) is 11.9 Å². The summed E-state index contributed by atoms with van der Waals surface area (Å²) in [5, 5.41) is 3.28. The second-order valence-corrected chi connectivity index (χ2v) is 4.97. The lowest BCUT2D eigenvalue weighted by atomic mass is 10.3. The number of nitrogens with one attached hydrogen (secondary N) is 1. The van der Waals surface area contributed by atoms with Crippen molar-refractivity contribution in [3.8, 4) is 0 Å². The molecule has 0 atom stereocenters. The van der Waals surface area contributed by atoms with Crippen molar-refractivity contribution in [1.82, 2.24) is 4.98 Å². The molecular weight excluding hydrogens is 336 g/mol. The molecule has 0 bridgehead atoms. The topological polar surface area (TPSA) is 38.1 Å². The minimum Gasteiger partial charge on any atom is -0.454 e. The van der Waals surface area contributed by atoms with Crippen LogP contribution >= 0.6 is 31.9 Å². The second kappa shape index (κ2) is 5.50. The van der Waals surface area contributed by atoms with E-state index in [0.29, 0.717) is 0 Å². The molecule has 2 aromatic rings. The zero-order valence-corrected chi connectivity index (χ0v) is 11.6. The third-order valence-corrected chi connectivity index (χ3v) is 2.89. The van der Waals surface area contributed by atoms with Gasteiger partial charge in [-0.15, -0.1) is 0 Å². The standard InChI is InChI=1S/C11H10Br2N2O/c12-8-5-9(7-14-6-8)15-4-3-10-1-2-11(13)16-10/h1-2,5-7,15H,3-4H2. The monoisotopic (exact) mass is 344 g/mol. The number of rotatable bonds is 4. The molecule has 0 saturated carbocycles. The predicted molar refractivity (Wildman–Crippen MR) is 70.5 cm³/mol. The molecule has 0 radical (unpaired) electrons. The normalized spacial score (nSPS) is 10.4. The van der Waals surface area contributed by atoms with Crippen molar-refractivity contribution in [3.63, 3.8) is 0 Å². The van der Waals surface area contributed by atoms with E-state index in [-0.39, 0.29) is 0 Å². The van der Waals surface area contributed by atoms with Crippen molar-refractivity contribution in [2.45, 2.75) is 6.42 Å². The van der Waals surface area contributed by atoms with E-state index in [1.165, 1.54) is 0 Å². The fourth-order valence-electron chi connectivity index (χ4n) is 1.32. The first-order valence-corrected chi connectivity index (χ1v) is 6.41. The van der Waals surface area contributed by atoms with E-state index in [0.717, 1.165) is 33.6 Å². The molecule has 0 fully saturated rings. The Morgan fingerprint density at radius 2 is 2.12 bits per heavy atom. The average Bonchev–Trinajstić information content (AvgIpc) is 2.64. The van der Waals surface area contributed by atoms with Crippen LogP contribution in [0, 0.1) is 0 Å². The van der Waals surface area contributed by atoms with Crippen LogP contribution < -0.4 is 5.32 Å².